The highest BCUT2D eigenvalue weighted by atomic mass is 79.9. The van der Waals surface area contributed by atoms with E-state index in [2.05, 4.69) is 21.2 Å². The minimum Gasteiger partial charge on any atom is -0.484 e. The van der Waals surface area contributed by atoms with Crippen LogP contribution in [0.5, 0.6) is 5.75 Å². The number of benzene rings is 2. The van der Waals surface area contributed by atoms with Gasteiger partial charge >= 0.3 is 0 Å². The average Bonchev–Trinajstić information content (AvgIpc) is 2.41. The van der Waals surface area contributed by atoms with E-state index in [4.69, 9.17) is 10.5 Å². The van der Waals surface area contributed by atoms with Crippen LogP contribution >= 0.6 is 15.9 Å². The topological polar surface area (TPSA) is 64.3 Å². The van der Waals surface area contributed by atoms with Gasteiger partial charge in [0.2, 0.25) is 0 Å². The van der Waals surface area contributed by atoms with Gasteiger partial charge < -0.3 is 15.8 Å². The van der Waals surface area contributed by atoms with Gasteiger partial charge in [-0.1, -0.05) is 33.6 Å². The fourth-order valence-corrected chi connectivity index (χ4v) is 2.00. The van der Waals surface area contributed by atoms with Gasteiger partial charge in [-0.15, -0.1) is 0 Å². The summed E-state index contributed by atoms with van der Waals surface area (Å²) in [4.78, 5) is 11.8. The first-order valence-electron chi connectivity index (χ1n) is 6.09. The summed E-state index contributed by atoms with van der Waals surface area (Å²) in [5.41, 5.74) is 8.03. The molecule has 0 saturated heterocycles. The van der Waals surface area contributed by atoms with Crippen molar-refractivity contribution in [2.75, 3.05) is 17.7 Å². The van der Waals surface area contributed by atoms with E-state index in [1.165, 1.54) is 0 Å². The summed E-state index contributed by atoms with van der Waals surface area (Å²) in [7, 11) is 0. The quantitative estimate of drug-likeness (QED) is 0.842. The Balaban J connectivity index is 1.90. The number of hydrogen-bond donors (Lipinski definition) is 2. The molecular formula is C15H15BrN2O2. The normalized spacial score (nSPS) is 10.1. The van der Waals surface area contributed by atoms with Crippen molar-refractivity contribution in [3.05, 3.63) is 52.5 Å². The minimum atomic E-state index is -0.250. The zero-order chi connectivity index (χ0) is 14.5. The molecule has 0 aromatic heterocycles. The molecule has 2 rings (SSSR count). The molecule has 5 heteroatoms. The van der Waals surface area contributed by atoms with Gasteiger partial charge in [0.15, 0.2) is 6.61 Å². The molecule has 0 aliphatic carbocycles. The lowest BCUT2D eigenvalue weighted by Gasteiger charge is -2.09. The van der Waals surface area contributed by atoms with E-state index in [0.29, 0.717) is 17.1 Å². The minimum absolute atomic E-state index is 0.0570. The molecule has 3 N–H and O–H groups in total. The molecule has 0 heterocycles. The van der Waals surface area contributed by atoms with E-state index < -0.39 is 0 Å². The van der Waals surface area contributed by atoms with Gasteiger partial charge in [0.05, 0.1) is 11.4 Å². The van der Waals surface area contributed by atoms with Gasteiger partial charge in [-0.25, -0.2) is 0 Å². The molecule has 0 fully saturated rings. The van der Waals surface area contributed by atoms with E-state index in [1.807, 2.05) is 37.3 Å². The van der Waals surface area contributed by atoms with Crippen molar-refractivity contribution >= 4 is 33.2 Å². The number of anilines is 2. The lowest BCUT2D eigenvalue weighted by molar-refractivity contribution is -0.118. The number of aryl methyl sites for hydroxylation is 1. The molecule has 2 aromatic carbocycles. The molecule has 20 heavy (non-hydrogen) atoms. The van der Waals surface area contributed by atoms with Crippen LogP contribution < -0.4 is 15.8 Å². The average molecular weight is 335 g/mol. The van der Waals surface area contributed by atoms with Gasteiger partial charge in [-0.05, 0) is 37.3 Å². The van der Waals surface area contributed by atoms with Gasteiger partial charge in [-0.2, -0.15) is 0 Å². The number of carbonyl (C=O) groups is 1. The number of ether oxygens (including phenoxy) is 1. The Labute approximate surface area is 126 Å². The van der Waals surface area contributed by atoms with Crippen LogP contribution in [0.1, 0.15) is 5.56 Å². The predicted octanol–water partition coefficient (Wildman–Crippen LogP) is 3.36. The lowest BCUT2D eigenvalue weighted by Crippen LogP contribution is -2.20. The number of hydrogen-bond acceptors (Lipinski definition) is 3. The number of amides is 1. The molecule has 4 nitrogen and oxygen atoms in total. The Morgan fingerprint density at radius 2 is 1.95 bits per heavy atom. The largest absolute Gasteiger partial charge is 0.484 e. The SMILES string of the molecule is Cc1ccc(OCC(=O)Nc2ccc(Br)cc2N)cc1. The van der Waals surface area contributed by atoms with Crippen molar-refractivity contribution in [2.45, 2.75) is 6.92 Å². The van der Waals surface area contributed by atoms with E-state index >= 15 is 0 Å². The second-order valence-electron chi connectivity index (χ2n) is 4.38. The zero-order valence-corrected chi connectivity index (χ0v) is 12.6. The van der Waals surface area contributed by atoms with Crippen LogP contribution in [0.25, 0.3) is 0 Å². The van der Waals surface area contributed by atoms with Crippen molar-refractivity contribution in [3.8, 4) is 5.75 Å². The van der Waals surface area contributed by atoms with Gasteiger partial charge in [0.1, 0.15) is 5.75 Å². The summed E-state index contributed by atoms with van der Waals surface area (Å²) in [6.07, 6.45) is 0. The summed E-state index contributed by atoms with van der Waals surface area (Å²) >= 11 is 3.31. The maximum Gasteiger partial charge on any atom is 0.262 e. The van der Waals surface area contributed by atoms with E-state index in [0.717, 1.165) is 10.0 Å². The lowest BCUT2D eigenvalue weighted by atomic mass is 10.2. The number of halogens is 1. The van der Waals surface area contributed by atoms with Gasteiger partial charge in [0, 0.05) is 4.47 Å². The number of nitrogen functional groups attached to an aromatic ring is 1. The summed E-state index contributed by atoms with van der Waals surface area (Å²) in [5, 5.41) is 2.71. The zero-order valence-electron chi connectivity index (χ0n) is 11.0. The fraction of sp³-hybridized carbons (Fsp3) is 0.133. The maximum atomic E-state index is 11.8. The second-order valence-corrected chi connectivity index (χ2v) is 5.30. The first-order chi connectivity index (χ1) is 9.54. The van der Waals surface area contributed by atoms with Crippen LogP contribution in [0.4, 0.5) is 11.4 Å². The van der Waals surface area contributed by atoms with Crippen LogP contribution in [0.3, 0.4) is 0 Å². The van der Waals surface area contributed by atoms with E-state index in [9.17, 15) is 4.79 Å². The van der Waals surface area contributed by atoms with Crippen molar-refractivity contribution in [1.82, 2.24) is 0 Å². The van der Waals surface area contributed by atoms with Crippen molar-refractivity contribution < 1.29 is 9.53 Å². The molecule has 0 spiro atoms. The molecule has 104 valence electrons. The monoisotopic (exact) mass is 334 g/mol. The summed E-state index contributed by atoms with van der Waals surface area (Å²) in [6, 6.07) is 12.8. The van der Waals surface area contributed by atoms with Crippen molar-refractivity contribution in [3.63, 3.8) is 0 Å². The van der Waals surface area contributed by atoms with Crippen molar-refractivity contribution in [2.24, 2.45) is 0 Å². The highest BCUT2D eigenvalue weighted by Crippen LogP contribution is 2.22. The first kappa shape index (κ1) is 14.4. The van der Waals surface area contributed by atoms with Crippen LogP contribution in [0, 0.1) is 6.92 Å². The molecule has 2 aromatic rings. The molecule has 0 bridgehead atoms. The van der Waals surface area contributed by atoms with Crippen LogP contribution in [-0.2, 0) is 4.79 Å². The maximum absolute atomic E-state index is 11.8. The molecular weight excluding hydrogens is 320 g/mol. The molecule has 0 aliphatic heterocycles. The fourth-order valence-electron chi connectivity index (χ4n) is 1.62. The highest BCUT2D eigenvalue weighted by Gasteiger charge is 2.06. The Morgan fingerprint density at radius 3 is 2.60 bits per heavy atom. The smallest absolute Gasteiger partial charge is 0.262 e. The molecule has 0 unspecified atom stereocenters. The Hall–Kier alpha value is -2.01. The third-order valence-corrected chi connectivity index (χ3v) is 3.17. The summed E-state index contributed by atoms with van der Waals surface area (Å²) < 4.78 is 6.26. The summed E-state index contributed by atoms with van der Waals surface area (Å²) in [5.74, 6) is 0.411. The third kappa shape index (κ3) is 3.99. The van der Waals surface area contributed by atoms with Crippen LogP contribution in [-0.4, -0.2) is 12.5 Å². The van der Waals surface area contributed by atoms with Crippen LogP contribution in [0.15, 0.2) is 46.9 Å². The molecule has 1 amide bonds. The Kier molecular flexibility index (Phi) is 4.63. The Bertz CT molecular complexity index is 612. The number of nitrogens with two attached hydrogens (primary N) is 1. The first-order valence-corrected chi connectivity index (χ1v) is 6.88. The van der Waals surface area contributed by atoms with Gasteiger partial charge in [0.25, 0.3) is 5.91 Å². The number of rotatable bonds is 4. The number of nitrogens with one attached hydrogen (secondary N) is 1. The number of carbonyl (C=O) groups excluding carboxylic acids is 1. The highest BCUT2D eigenvalue weighted by molar-refractivity contribution is 9.10. The third-order valence-electron chi connectivity index (χ3n) is 2.68. The molecule has 0 aliphatic rings. The van der Waals surface area contributed by atoms with Crippen LogP contribution in [0.2, 0.25) is 0 Å². The predicted molar refractivity (Wildman–Crippen MR) is 83.9 cm³/mol. The van der Waals surface area contributed by atoms with E-state index in [-0.39, 0.29) is 12.5 Å². The Morgan fingerprint density at radius 1 is 1.25 bits per heavy atom. The van der Waals surface area contributed by atoms with Crippen molar-refractivity contribution in [1.29, 1.82) is 0 Å². The molecule has 0 atom stereocenters. The van der Waals surface area contributed by atoms with Gasteiger partial charge in [-0.3, -0.25) is 4.79 Å². The second kappa shape index (κ2) is 6.43. The summed E-state index contributed by atoms with van der Waals surface area (Å²) in [6.45, 7) is 1.94. The molecule has 0 radical (unpaired) electrons. The molecule has 0 saturated carbocycles. The standard InChI is InChI=1S/C15H15BrN2O2/c1-10-2-5-12(6-3-10)20-9-15(19)18-14-7-4-11(16)8-13(14)17/h2-8H,9,17H2,1H3,(H,18,19). The van der Waals surface area contributed by atoms with E-state index in [1.54, 1.807) is 12.1 Å².